The molecule has 2 aromatic carbocycles. The van der Waals surface area contributed by atoms with Crippen molar-refractivity contribution < 1.29 is 26.2 Å². The first-order chi connectivity index (χ1) is 14.5. The van der Waals surface area contributed by atoms with Gasteiger partial charge in [0.25, 0.3) is 10.1 Å². The minimum absolute atomic E-state index is 0.0590. The number of hydrogen-bond donors (Lipinski definition) is 3. The van der Waals surface area contributed by atoms with Crippen LogP contribution >= 0.6 is 11.8 Å². The Labute approximate surface area is 187 Å². The second-order valence-electron chi connectivity index (χ2n) is 6.61. The van der Waals surface area contributed by atoms with E-state index in [2.05, 4.69) is 4.72 Å². The Hall–Kier alpha value is -1.96. The second kappa shape index (κ2) is 11.1. The number of thioether (sulfide) groups is 1. The summed E-state index contributed by atoms with van der Waals surface area (Å²) in [6.45, 7) is 2.82. The van der Waals surface area contributed by atoms with E-state index in [1.54, 1.807) is 48.2 Å². The molecule has 3 rings (SSSR count). The minimum Gasteiger partial charge on any atom is -0.324 e. The number of Topliss-reactive ketones (excluding diaryl/α,β-unsaturated/α-hetero) is 1. The van der Waals surface area contributed by atoms with Crippen LogP contribution in [0.1, 0.15) is 15.9 Å². The predicted octanol–water partition coefficient (Wildman–Crippen LogP) is 1.78. The van der Waals surface area contributed by atoms with Crippen molar-refractivity contribution in [2.45, 2.75) is 11.8 Å². The fourth-order valence-corrected chi connectivity index (χ4v) is 5.39. The molecular formula is C19H25N3O6S3. The van der Waals surface area contributed by atoms with Crippen LogP contribution in [0.4, 0.5) is 5.69 Å². The van der Waals surface area contributed by atoms with E-state index in [0.717, 1.165) is 17.1 Å². The van der Waals surface area contributed by atoms with E-state index >= 15 is 0 Å². The number of carbonyl (C=O) groups is 1. The topological polar surface area (TPSA) is 147 Å². The van der Waals surface area contributed by atoms with E-state index in [-0.39, 0.29) is 17.2 Å². The van der Waals surface area contributed by atoms with Crippen LogP contribution in [0.15, 0.2) is 53.4 Å². The molecule has 0 atom stereocenters. The van der Waals surface area contributed by atoms with Gasteiger partial charge in [-0.3, -0.25) is 14.1 Å². The molecular weight excluding hydrogens is 462 g/mol. The largest absolute Gasteiger partial charge is 0.324 e. The average molecular weight is 488 g/mol. The molecule has 1 aliphatic heterocycles. The van der Waals surface area contributed by atoms with Gasteiger partial charge in [-0.15, -0.1) is 0 Å². The molecule has 0 aromatic heterocycles. The van der Waals surface area contributed by atoms with Crippen LogP contribution in [0, 0.1) is 6.92 Å². The van der Waals surface area contributed by atoms with Crippen molar-refractivity contribution in [3.8, 4) is 0 Å². The highest BCUT2D eigenvalue weighted by atomic mass is 32.2. The molecule has 1 saturated heterocycles. The normalized spacial score (nSPS) is 14.9. The first-order valence-electron chi connectivity index (χ1n) is 9.26. The number of anilines is 1. The van der Waals surface area contributed by atoms with Crippen LogP contribution in [-0.4, -0.2) is 62.6 Å². The summed E-state index contributed by atoms with van der Waals surface area (Å²) in [5.41, 5.74) is 7.15. The Balaban J connectivity index is 0.000000262. The summed E-state index contributed by atoms with van der Waals surface area (Å²) in [6, 6.07) is 12.3. The van der Waals surface area contributed by atoms with Gasteiger partial charge in [-0.25, -0.2) is 0 Å². The van der Waals surface area contributed by atoms with E-state index in [1.807, 2.05) is 6.92 Å². The van der Waals surface area contributed by atoms with Gasteiger partial charge in [0, 0.05) is 35.8 Å². The van der Waals surface area contributed by atoms with Crippen LogP contribution < -0.4 is 10.5 Å². The molecule has 0 spiro atoms. The number of hydrogen-bond acceptors (Lipinski definition) is 7. The lowest BCUT2D eigenvalue weighted by molar-refractivity contribution is 0.100. The number of ketones is 1. The number of rotatable bonds is 6. The number of carbonyl (C=O) groups excluding carboxylic acids is 1. The Morgan fingerprint density at radius 3 is 2.06 bits per heavy atom. The number of nitrogens with one attached hydrogen (secondary N) is 1. The van der Waals surface area contributed by atoms with Crippen LogP contribution in [0.2, 0.25) is 0 Å². The summed E-state index contributed by atoms with van der Waals surface area (Å²) < 4.78 is 57.8. The maximum atomic E-state index is 12.1. The summed E-state index contributed by atoms with van der Waals surface area (Å²) in [6.07, 6.45) is 0. The van der Waals surface area contributed by atoms with E-state index < -0.39 is 20.3 Å². The predicted molar refractivity (Wildman–Crippen MR) is 122 cm³/mol. The molecule has 1 aliphatic rings. The third-order valence-electron chi connectivity index (χ3n) is 4.27. The van der Waals surface area contributed by atoms with Crippen LogP contribution in [0.3, 0.4) is 0 Å². The molecule has 0 aliphatic carbocycles. The van der Waals surface area contributed by atoms with Gasteiger partial charge in [-0.1, -0.05) is 17.7 Å². The minimum atomic E-state index is -4.02. The highest BCUT2D eigenvalue weighted by Gasteiger charge is 2.23. The SMILES string of the molecule is Cc1ccc(S(=O)(=O)O)cc1.NCC(=O)c1ccc(NS(=O)(=O)N2CCSCC2)cc1. The molecule has 2 aromatic rings. The average Bonchev–Trinajstić information content (AvgIpc) is 2.74. The Bertz CT molecular complexity index is 1080. The van der Waals surface area contributed by atoms with Crippen molar-refractivity contribution in [1.82, 2.24) is 4.31 Å². The van der Waals surface area contributed by atoms with Crippen molar-refractivity contribution >= 4 is 43.6 Å². The Morgan fingerprint density at radius 1 is 1.03 bits per heavy atom. The van der Waals surface area contributed by atoms with Gasteiger partial charge in [-0.2, -0.15) is 32.9 Å². The number of nitrogens with zero attached hydrogens (tertiary/aromatic N) is 1. The lowest BCUT2D eigenvalue weighted by atomic mass is 10.1. The summed E-state index contributed by atoms with van der Waals surface area (Å²) in [5, 5.41) is 0. The molecule has 1 heterocycles. The van der Waals surface area contributed by atoms with E-state index in [0.29, 0.717) is 24.3 Å². The zero-order chi connectivity index (χ0) is 23.1. The van der Waals surface area contributed by atoms with Gasteiger partial charge in [0.05, 0.1) is 11.4 Å². The van der Waals surface area contributed by atoms with Crippen molar-refractivity contribution in [2.75, 3.05) is 35.9 Å². The van der Waals surface area contributed by atoms with Gasteiger partial charge in [0.2, 0.25) is 0 Å². The quantitative estimate of drug-likeness (QED) is 0.413. The van der Waals surface area contributed by atoms with Crippen LogP contribution in [0.5, 0.6) is 0 Å². The lowest BCUT2D eigenvalue weighted by Gasteiger charge is -2.25. The zero-order valence-corrected chi connectivity index (χ0v) is 19.3. The highest BCUT2D eigenvalue weighted by Crippen LogP contribution is 2.17. The van der Waals surface area contributed by atoms with E-state index in [1.165, 1.54) is 16.4 Å². The molecule has 0 saturated carbocycles. The van der Waals surface area contributed by atoms with Gasteiger partial charge in [-0.05, 0) is 43.3 Å². The first kappa shape index (κ1) is 25.3. The summed E-state index contributed by atoms with van der Waals surface area (Å²) in [5.74, 6) is 1.45. The second-order valence-corrected chi connectivity index (χ2v) is 10.9. The standard InChI is InChI=1S/C12H17N3O3S2.C7H8O3S/c13-9-12(16)10-1-3-11(4-2-10)14-20(17,18)15-5-7-19-8-6-15;1-6-2-4-7(5-3-6)11(8,9)10/h1-4,14H,5-9,13H2;2-5H,1H3,(H,8,9,10). The van der Waals surface area contributed by atoms with Crippen molar-refractivity contribution in [3.05, 3.63) is 59.7 Å². The molecule has 1 fully saturated rings. The third-order valence-corrected chi connectivity index (χ3v) is 7.62. The number of benzene rings is 2. The monoisotopic (exact) mass is 487 g/mol. The molecule has 12 heteroatoms. The lowest BCUT2D eigenvalue weighted by Crippen LogP contribution is -2.41. The van der Waals surface area contributed by atoms with Crippen molar-refractivity contribution in [1.29, 1.82) is 0 Å². The molecule has 0 amide bonds. The van der Waals surface area contributed by atoms with Gasteiger partial charge < -0.3 is 5.73 Å². The van der Waals surface area contributed by atoms with Crippen LogP contribution in [-0.2, 0) is 20.3 Å². The maximum Gasteiger partial charge on any atom is 0.301 e. The molecule has 31 heavy (non-hydrogen) atoms. The van der Waals surface area contributed by atoms with Gasteiger partial charge in [0.1, 0.15) is 0 Å². The Morgan fingerprint density at radius 2 is 1.58 bits per heavy atom. The zero-order valence-electron chi connectivity index (χ0n) is 16.9. The number of nitrogens with two attached hydrogens (primary N) is 1. The summed E-state index contributed by atoms with van der Waals surface area (Å²) >= 11 is 1.75. The van der Waals surface area contributed by atoms with Gasteiger partial charge in [0.15, 0.2) is 5.78 Å². The van der Waals surface area contributed by atoms with Gasteiger partial charge >= 0.3 is 10.2 Å². The van der Waals surface area contributed by atoms with Crippen molar-refractivity contribution in [2.24, 2.45) is 5.73 Å². The number of aryl methyl sites for hydroxylation is 1. The smallest absolute Gasteiger partial charge is 0.301 e. The molecule has 9 nitrogen and oxygen atoms in total. The Kier molecular flexibility index (Phi) is 9.03. The fraction of sp³-hybridized carbons (Fsp3) is 0.316. The third kappa shape index (κ3) is 7.91. The highest BCUT2D eigenvalue weighted by molar-refractivity contribution is 7.99. The molecule has 4 N–H and O–H groups in total. The molecule has 0 radical (unpaired) electrons. The van der Waals surface area contributed by atoms with E-state index in [9.17, 15) is 21.6 Å². The van der Waals surface area contributed by atoms with E-state index in [4.69, 9.17) is 10.3 Å². The fourth-order valence-electron chi connectivity index (χ4n) is 2.55. The first-order valence-corrected chi connectivity index (χ1v) is 13.3. The molecule has 170 valence electrons. The summed E-state index contributed by atoms with van der Waals surface area (Å²) in [7, 11) is -7.53. The van der Waals surface area contributed by atoms with Crippen LogP contribution in [0.25, 0.3) is 0 Å². The summed E-state index contributed by atoms with van der Waals surface area (Å²) in [4.78, 5) is 11.3. The molecule has 0 bridgehead atoms. The van der Waals surface area contributed by atoms with Crippen molar-refractivity contribution in [3.63, 3.8) is 0 Å². The maximum absolute atomic E-state index is 12.1. The molecule has 0 unspecified atom stereocenters.